The first kappa shape index (κ1) is 69.0. The summed E-state index contributed by atoms with van der Waals surface area (Å²) >= 11 is 0. The van der Waals surface area contributed by atoms with Gasteiger partial charge in [-0.25, -0.2) is 0 Å². The maximum atomic E-state index is 12.8. The second kappa shape index (κ2) is 54.2. The van der Waals surface area contributed by atoms with E-state index in [1.54, 1.807) is 0 Å². The molecule has 416 valence electrons. The lowest BCUT2D eigenvalue weighted by atomic mass is 10.0. The van der Waals surface area contributed by atoms with Crippen LogP contribution < -0.4 is 5.11 Å². The van der Waals surface area contributed by atoms with Crippen LogP contribution in [0.3, 0.4) is 0 Å². The van der Waals surface area contributed by atoms with Crippen molar-refractivity contribution in [1.82, 2.24) is 0 Å². The van der Waals surface area contributed by atoms with Crippen molar-refractivity contribution < 1.29 is 42.9 Å². The molecule has 0 aliphatic carbocycles. The molecule has 0 aliphatic heterocycles. The van der Waals surface area contributed by atoms with Crippen molar-refractivity contribution in [2.24, 2.45) is 0 Å². The normalized spacial score (nSPS) is 13.6. The van der Waals surface area contributed by atoms with Crippen molar-refractivity contribution in [1.29, 1.82) is 0 Å². The van der Waals surface area contributed by atoms with E-state index in [1.807, 2.05) is 21.1 Å². The Morgan fingerprint density at radius 1 is 0.425 bits per heavy atom. The van der Waals surface area contributed by atoms with Crippen LogP contribution in [0, 0.1) is 0 Å². The van der Waals surface area contributed by atoms with Crippen molar-refractivity contribution in [3.05, 3.63) is 109 Å². The van der Waals surface area contributed by atoms with Gasteiger partial charge in [0, 0.05) is 12.8 Å². The Morgan fingerprint density at radius 2 is 0.781 bits per heavy atom. The number of allylic oxidation sites excluding steroid dienone is 18. The fraction of sp³-hybridized carbons (Fsp3) is 0.672. The summed E-state index contributed by atoms with van der Waals surface area (Å²) in [6.07, 6.45) is 71.8. The van der Waals surface area contributed by atoms with E-state index in [0.717, 1.165) is 96.3 Å². The van der Waals surface area contributed by atoms with Crippen LogP contribution >= 0.6 is 0 Å². The van der Waals surface area contributed by atoms with Gasteiger partial charge in [-0.05, 0) is 83.5 Å². The maximum Gasteiger partial charge on any atom is 0.306 e. The van der Waals surface area contributed by atoms with E-state index < -0.39 is 24.3 Å². The Labute approximate surface area is 447 Å². The molecule has 0 amide bonds. The number of rotatable bonds is 52. The van der Waals surface area contributed by atoms with Gasteiger partial charge in [0.25, 0.3) is 0 Å². The molecule has 2 atom stereocenters. The molecule has 2 unspecified atom stereocenters. The highest BCUT2D eigenvalue weighted by atomic mass is 16.7. The Bertz CT molecular complexity index is 1560. The quantitative estimate of drug-likeness (QED) is 0.0195. The molecule has 0 fully saturated rings. The minimum absolute atomic E-state index is 0.145. The zero-order valence-corrected chi connectivity index (χ0v) is 47.2. The second-order valence-corrected chi connectivity index (χ2v) is 20.2. The van der Waals surface area contributed by atoms with Crippen molar-refractivity contribution in [3.8, 4) is 0 Å². The topological polar surface area (TPSA) is 111 Å². The molecule has 0 saturated carbocycles. The van der Waals surface area contributed by atoms with E-state index in [9.17, 15) is 19.5 Å². The molecular formula is C64H107NO8. The molecule has 0 saturated heterocycles. The number of hydrogen-bond acceptors (Lipinski definition) is 8. The smallest absolute Gasteiger partial charge is 0.306 e. The number of quaternary nitrogens is 1. The van der Waals surface area contributed by atoms with E-state index >= 15 is 0 Å². The molecule has 0 aromatic carbocycles. The summed E-state index contributed by atoms with van der Waals surface area (Å²) in [6.45, 7) is 4.56. The first-order chi connectivity index (χ1) is 35.6. The molecule has 0 aromatic heterocycles. The molecule has 9 heteroatoms. The van der Waals surface area contributed by atoms with Gasteiger partial charge < -0.3 is 33.3 Å². The minimum Gasteiger partial charge on any atom is -0.545 e. The zero-order chi connectivity index (χ0) is 53.4. The lowest BCUT2D eigenvalue weighted by Gasteiger charge is -2.26. The average molecular weight is 1020 g/mol. The number of aliphatic carboxylic acids is 1. The molecular weight excluding hydrogens is 911 g/mol. The number of nitrogens with zero attached hydrogens (tertiary/aromatic N) is 1. The minimum atomic E-state index is -1.62. The summed E-state index contributed by atoms with van der Waals surface area (Å²) in [6, 6.07) is 0. The fourth-order valence-corrected chi connectivity index (χ4v) is 7.59. The summed E-state index contributed by atoms with van der Waals surface area (Å²) in [5.74, 6) is -2.30. The monoisotopic (exact) mass is 1020 g/mol. The molecule has 73 heavy (non-hydrogen) atoms. The lowest BCUT2D eigenvalue weighted by molar-refractivity contribution is -0.870. The number of carbonyl (C=O) groups is 3. The molecule has 0 radical (unpaired) electrons. The third-order valence-electron chi connectivity index (χ3n) is 12.0. The summed E-state index contributed by atoms with van der Waals surface area (Å²) < 4.78 is 22.5. The Balaban J connectivity index is 3.98. The standard InChI is InChI=1S/C64H107NO8/c1-6-8-10-12-14-15-16-17-18-19-20-21-22-23-24-25-26-27-28-29-30-31-32-33-34-35-36-37-38-39-40-41-42-43-44-45-46-47-49-51-53-55-62(67)73-60(58-71-61(66)54-52-50-48-13-11-9-7-2)59-72-64(63(68)69)70-57-56-65(3,4)5/h8,10,14-15,17-18,20-21,23-24,26-27,29-30,32-33,35-36,60,64H,6-7,9,11-13,16,19,22,25,28,31,34,37-59H2,1-5H3/b10-8-,15-14-,18-17-,21-20-,24-23-,27-26-,30-29-,33-32-,36-35-. The van der Waals surface area contributed by atoms with Crippen molar-refractivity contribution in [2.75, 3.05) is 47.5 Å². The first-order valence-electron chi connectivity index (χ1n) is 29.0. The van der Waals surface area contributed by atoms with Gasteiger partial charge in [0.1, 0.15) is 13.2 Å². The van der Waals surface area contributed by atoms with Crippen LogP contribution in [0.15, 0.2) is 109 Å². The summed E-state index contributed by atoms with van der Waals surface area (Å²) in [7, 11) is 5.90. The summed E-state index contributed by atoms with van der Waals surface area (Å²) in [5, 5.41) is 11.7. The third kappa shape index (κ3) is 55.5. The van der Waals surface area contributed by atoms with Crippen molar-refractivity contribution in [2.45, 2.75) is 232 Å². The van der Waals surface area contributed by atoms with Crippen LogP contribution in [0.2, 0.25) is 0 Å². The molecule has 0 rings (SSSR count). The van der Waals surface area contributed by atoms with E-state index in [0.29, 0.717) is 17.4 Å². The van der Waals surface area contributed by atoms with Gasteiger partial charge >= 0.3 is 11.9 Å². The Morgan fingerprint density at radius 3 is 1.16 bits per heavy atom. The maximum absolute atomic E-state index is 12.8. The van der Waals surface area contributed by atoms with Crippen LogP contribution in [0.4, 0.5) is 0 Å². The Kier molecular flexibility index (Phi) is 51.2. The number of carbonyl (C=O) groups excluding carboxylic acids is 3. The molecule has 9 nitrogen and oxygen atoms in total. The molecule has 0 heterocycles. The van der Waals surface area contributed by atoms with Crippen molar-refractivity contribution in [3.63, 3.8) is 0 Å². The number of esters is 2. The number of carboxylic acid groups (broad SMARTS) is 1. The largest absolute Gasteiger partial charge is 0.545 e. The van der Waals surface area contributed by atoms with Gasteiger partial charge in [-0.1, -0.05) is 232 Å². The zero-order valence-electron chi connectivity index (χ0n) is 47.2. The van der Waals surface area contributed by atoms with Gasteiger partial charge in [0.15, 0.2) is 12.4 Å². The highest BCUT2D eigenvalue weighted by molar-refractivity contribution is 5.70. The molecule has 0 N–H and O–H groups in total. The number of unbranched alkanes of at least 4 members (excludes halogenated alkanes) is 19. The van der Waals surface area contributed by atoms with Crippen LogP contribution in [-0.2, 0) is 33.3 Å². The molecule has 0 bridgehead atoms. The number of ether oxygens (including phenoxy) is 4. The van der Waals surface area contributed by atoms with E-state index in [1.165, 1.54) is 89.9 Å². The van der Waals surface area contributed by atoms with Gasteiger partial charge in [-0.15, -0.1) is 0 Å². The summed E-state index contributed by atoms with van der Waals surface area (Å²) in [4.78, 5) is 36.9. The van der Waals surface area contributed by atoms with E-state index in [2.05, 4.69) is 123 Å². The Hall–Kier alpha value is -4.05. The fourth-order valence-electron chi connectivity index (χ4n) is 7.59. The number of hydrogen-bond donors (Lipinski definition) is 0. The van der Waals surface area contributed by atoms with E-state index in [4.69, 9.17) is 18.9 Å². The van der Waals surface area contributed by atoms with Crippen LogP contribution in [0.25, 0.3) is 0 Å². The van der Waals surface area contributed by atoms with Gasteiger partial charge in [-0.3, -0.25) is 9.59 Å². The predicted molar refractivity (Wildman–Crippen MR) is 306 cm³/mol. The second-order valence-electron chi connectivity index (χ2n) is 20.2. The van der Waals surface area contributed by atoms with Crippen LogP contribution in [0.1, 0.15) is 219 Å². The van der Waals surface area contributed by atoms with Gasteiger partial charge in [0.2, 0.25) is 0 Å². The molecule has 0 aromatic rings. The lowest BCUT2D eigenvalue weighted by Crippen LogP contribution is -2.44. The van der Waals surface area contributed by atoms with E-state index in [-0.39, 0.29) is 38.6 Å². The first-order valence-corrected chi connectivity index (χ1v) is 29.0. The highest BCUT2D eigenvalue weighted by Gasteiger charge is 2.22. The van der Waals surface area contributed by atoms with Gasteiger partial charge in [0.05, 0.1) is 40.3 Å². The SMILES string of the molecule is CC/C=C\C/C=C\C/C=C\C/C=C\C/C=C\C/C=C\C/C=C\C/C=C\C/C=C\CCCCCCCCCCCCCCCC(=O)OC(COC(=O)CCCCCCCCC)COC(OCC[N+](C)(C)C)C(=O)[O-]. The molecule has 0 spiro atoms. The third-order valence-corrected chi connectivity index (χ3v) is 12.0. The number of likely N-dealkylation sites (N-methyl/N-ethyl adjacent to an activating group) is 1. The van der Waals surface area contributed by atoms with Gasteiger partial charge in [-0.2, -0.15) is 0 Å². The molecule has 0 aliphatic rings. The summed E-state index contributed by atoms with van der Waals surface area (Å²) in [5.41, 5.74) is 0. The highest BCUT2D eigenvalue weighted by Crippen LogP contribution is 2.15. The van der Waals surface area contributed by atoms with Crippen LogP contribution in [0.5, 0.6) is 0 Å². The van der Waals surface area contributed by atoms with Crippen molar-refractivity contribution >= 4 is 17.9 Å². The van der Waals surface area contributed by atoms with Crippen LogP contribution in [-0.4, -0.2) is 82.3 Å². The predicted octanol–water partition coefficient (Wildman–Crippen LogP) is 15.8. The number of carboxylic acids is 1. The average Bonchev–Trinajstić information content (AvgIpc) is 3.36.